The third-order valence-electron chi connectivity index (χ3n) is 3.04. The molecular formula is C13H18O4. The Morgan fingerprint density at radius 2 is 1.82 bits per heavy atom. The Morgan fingerprint density at radius 3 is 2.35 bits per heavy atom. The second-order valence-electron chi connectivity index (χ2n) is 4.70. The first-order valence-electron chi connectivity index (χ1n) is 5.69. The SMILES string of the molecule is CC1(C)OC(CO)C(CO)(c2ccccc2)O1. The maximum Gasteiger partial charge on any atom is 0.164 e. The predicted octanol–water partition coefficient (Wildman–Crippen LogP) is 1.02. The number of hydrogen-bond acceptors (Lipinski definition) is 4. The van der Waals surface area contributed by atoms with Crippen molar-refractivity contribution >= 4 is 0 Å². The Hall–Kier alpha value is -0.940. The second kappa shape index (κ2) is 4.38. The summed E-state index contributed by atoms with van der Waals surface area (Å²) in [5.41, 5.74) is -0.174. The second-order valence-corrected chi connectivity index (χ2v) is 4.70. The molecule has 1 heterocycles. The summed E-state index contributed by atoms with van der Waals surface area (Å²) < 4.78 is 11.5. The van der Waals surface area contributed by atoms with Gasteiger partial charge < -0.3 is 19.7 Å². The third-order valence-corrected chi connectivity index (χ3v) is 3.04. The number of rotatable bonds is 3. The lowest BCUT2D eigenvalue weighted by Gasteiger charge is -2.30. The predicted molar refractivity (Wildman–Crippen MR) is 62.3 cm³/mol. The summed E-state index contributed by atoms with van der Waals surface area (Å²) in [5.74, 6) is -0.814. The zero-order valence-corrected chi connectivity index (χ0v) is 10.1. The van der Waals surface area contributed by atoms with Gasteiger partial charge in [-0.3, -0.25) is 0 Å². The molecule has 1 aliphatic heterocycles. The van der Waals surface area contributed by atoms with E-state index in [0.29, 0.717) is 0 Å². The highest BCUT2D eigenvalue weighted by Crippen LogP contribution is 2.43. The Labute approximate surface area is 101 Å². The van der Waals surface area contributed by atoms with Crippen LogP contribution in [-0.2, 0) is 15.1 Å². The monoisotopic (exact) mass is 238 g/mol. The van der Waals surface area contributed by atoms with Gasteiger partial charge in [0.05, 0.1) is 13.2 Å². The van der Waals surface area contributed by atoms with Crippen molar-refractivity contribution in [2.75, 3.05) is 13.2 Å². The van der Waals surface area contributed by atoms with E-state index in [1.54, 1.807) is 13.8 Å². The number of ether oxygens (including phenoxy) is 2. The van der Waals surface area contributed by atoms with Crippen molar-refractivity contribution in [2.45, 2.75) is 31.3 Å². The molecule has 2 N–H and O–H groups in total. The van der Waals surface area contributed by atoms with Crippen molar-refractivity contribution in [1.82, 2.24) is 0 Å². The molecule has 0 radical (unpaired) electrons. The van der Waals surface area contributed by atoms with Crippen LogP contribution >= 0.6 is 0 Å². The lowest BCUT2D eigenvalue weighted by Crippen LogP contribution is -2.42. The topological polar surface area (TPSA) is 58.9 Å². The molecule has 2 unspecified atom stereocenters. The van der Waals surface area contributed by atoms with Crippen LogP contribution in [0.5, 0.6) is 0 Å². The molecule has 4 nitrogen and oxygen atoms in total. The van der Waals surface area contributed by atoms with Crippen molar-refractivity contribution in [2.24, 2.45) is 0 Å². The van der Waals surface area contributed by atoms with Gasteiger partial charge in [-0.25, -0.2) is 0 Å². The van der Waals surface area contributed by atoms with E-state index in [9.17, 15) is 10.2 Å². The van der Waals surface area contributed by atoms with Crippen molar-refractivity contribution in [3.8, 4) is 0 Å². The normalized spacial score (nSPS) is 31.6. The number of benzene rings is 1. The minimum atomic E-state index is -0.987. The van der Waals surface area contributed by atoms with E-state index < -0.39 is 17.5 Å². The minimum Gasteiger partial charge on any atom is -0.394 e. The lowest BCUT2D eigenvalue weighted by atomic mass is 9.89. The van der Waals surface area contributed by atoms with Crippen molar-refractivity contribution < 1.29 is 19.7 Å². The molecule has 0 saturated carbocycles. The molecule has 94 valence electrons. The van der Waals surface area contributed by atoms with Crippen LogP contribution in [0.4, 0.5) is 0 Å². The lowest BCUT2D eigenvalue weighted by molar-refractivity contribution is -0.173. The van der Waals surface area contributed by atoms with Gasteiger partial charge in [0.25, 0.3) is 0 Å². The van der Waals surface area contributed by atoms with E-state index in [1.807, 2.05) is 30.3 Å². The van der Waals surface area contributed by atoms with Crippen LogP contribution < -0.4 is 0 Å². The van der Waals surface area contributed by atoms with Crippen LogP contribution in [0.25, 0.3) is 0 Å². The Morgan fingerprint density at radius 1 is 1.18 bits per heavy atom. The zero-order chi connectivity index (χ0) is 12.5. The van der Waals surface area contributed by atoms with E-state index in [4.69, 9.17) is 9.47 Å². The summed E-state index contributed by atoms with van der Waals surface area (Å²) in [7, 11) is 0. The van der Waals surface area contributed by atoms with Crippen LogP contribution in [0.3, 0.4) is 0 Å². The van der Waals surface area contributed by atoms with Crippen LogP contribution in [0.2, 0.25) is 0 Å². The van der Waals surface area contributed by atoms with E-state index in [1.165, 1.54) is 0 Å². The Bertz CT molecular complexity index is 376. The standard InChI is InChI=1S/C13H18O4/c1-12(2)16-11(8-14)13(9-15,17-12)10-6-4-3-5-7-10/h3-7,11,14-15H,8-9H2,1-2H3. The molecule has 1 saturated heterocycles. The summed E-state index contributed by atoms with van der Waals surface area (Å²) in [4.78, 5) is 0. The molecule has 2 rings (SSSR count). The van der Waals surface area contributed by atoms with Gasteiger partial charge >= 0.3 is 0 Å². The minimum absolute atomic E-state index is 0.196. The fourth-order valence-corrected chi connectivity index (χ4v) is 2.34. The van der Waals surface area contributed by atoms with Gasteiger partial charge in [0, 0.05) is 0 Å². The molecule has 1 aromatic carbocycles. The highest BCUT2D eigenvalue weighted by molar-refractivity contribution is 5.26. The molecule has 1 aromatic rings. The average Bonchev–Trinajstić information content (AvgIpc) is 2.62. The van der Waals surface area contributed by atoms with Crippen LogP contribution in [0.1, 0.15) is 19.4 Å². The van der Waals surface area contributed by atoms with Crippen molar-refractivity contribution in [1.29, 1.82) is 0 Å². The van der Waals surface area contributed by atoms with Gasteiger partial charge in [-0.2, -0.15) is 0 Å². The summed E-state index contributed by atoms with van der Waals surface area (Å²) in [6, 6.07) is 9.36. The van der Waals surface area contributed by atoms with Gasteiger partial charge in [-0.15, -0.1) is 0 Å². The molecule has 1 aliphatic rings. The number of aliphatic hydroxyl groups excluding tert-OH is 2. The first-order valence-corrected chi connectivity index (χ1v) is 5.69. The van der Waals surface area contributed by atoms with E-state index in [-0.39, 0.29) is 13.2 Å². The van der Waals surface area contributed by atoms with E-state index in [0.717, 1.165) is 5.56 Å². The molecule has 0 bridgehead atoms. The highest BCUT2D eigenvalue weighted by Gasteiger charge is 2.53. The maximum absolute atomic E-state index is 9.69. The van der Waals surface area contributed by atoms with Crippen molar-refractivity contribution in [3.05, 3.63) is 35.9 Å². The molecule has 0 aromatic heterocycles. The summed E-state index contributed by atoms with van der Waals surface area (Å²) in [6.07, 6.45) is -0.565. The Kier molecular flexibility index (Phi) is 3.23. The van der Waals surface area contributed by atoms with E-state index >= 15 is 0 Å². The van der Waals surface area contributed by atoms with Gasteiger partial charge in [0.15, 0.2) is 5.79 Å². The van der Waals surface area contributed by atoms with E-state index in [2.05, 4.69) is 0 Å². The molecule has 0 aliphatic carbocycles. The quantitative estimate of drug-likeness (QED) is 0.825. The summed E-state index contributed by atoms with van der Waals surface area (Å²) in [5, 5.41) is 19.1. The molecule has 4 heteroatoms. The molecule has 17 heavy (non-hydrogen) atoms. The third kappa shape index (κ3) is 2.09. The van der Waals surface area contributed by atoms with Gasteiger partial charge in [-0.05, 0) is 19.4 Å². The molecular weight excluding hydrogens is 220 g/mol. The molecule has 2 atom stereocenters. The fraction of sp³-hybridized carbons (Fsp3) is 0.538. The van der Waals surface area contributed by atoms with Gasteiger partial charge in [-0.1, -0.05) is 30.3 Å². The summed E-state index contributed by atoms with van der Waals surface area (Å²) in [6.45, 7) is 3.12. The highest BCUT2D eigenvalue weighted by atomic mass is 16.8. The molecule has 0 spiro atoms. The van der Waals surface area contributed by atoms with Crippen LogP contribution in [-0.4, -0.2) is 35.3 Å². The fourth-order valence-electron chi connectivity index (χ4n) is 2.34. The number of aliphatic hydroxyl groups is 2. The van der Waals surface area contributed by atoms with Gasteiger partial charge in [0.1, 0.15) is 11.7 Å². The average molecular weight is 238 g/mol. The maximum atomic E-state index is 9.69. The summed E-state index contributed by atoms with van der Waals surface area (Å²) >= 11 is 0. The largest absolute Gasteiger partial charge is 0.394 e. The van der Waals surface area contributed by atoms with Crippen LogP contribution in [0, 0.1) is 0 Å². The molecule has 1 fully saturated rings. The van der Waals surface area contributed by atoms with Crippen LogP contribution in [0.15, 0.2) is 30.3 Å². The first kappa shape index (κ1) is 12.5. The Balaban J connectivity index is 2.43. The van der Waals surface area contributed by atoms with Crippen molar-refractivity contribution in [3.63, 3.8) is 0 Å². The molecule has 0 amide bonds. The van der Waals surface area contributed by atoms with Gasteiger partial charge in [0.2, 0.25) is 0 Å². The number of hydrogen-bond donors (Lipinski definition) is 2. The smallest absolute Gasteiger partial charge is 0.164 e. The zero-order valence-electron chi connectivity index (χ0n) is 10.1. The first-order chi connectivity index (χ1) is 8.04.